The number of anilines is 1. The molecule has 1 aromatic heterocycles. The number of nitro groups is 1. The van der Waals surface area contributed by atoms with E-state index < -0.39 is 4.92 Å². The van der Waals surface area contributed by atoms with Gasteiger partial charge in [0.25, 0.3) is 0 Å². The third kappa shape index (κ3) is 2.40. The average Bonchev–Trinajstić information content (AvgIpc) is 2.18. The number of hydrogen-bond acceptors (Lipinski definition) is 5. The molecule has 76 valence electrons. The fraction of sp³-hybridized carbons (Fsp3) is 0.375. The predicted molar refractivity (Wildman–Crippen MR) is 51.1 cm³/mol. The molecular weight excluding hydrogens is 186 g/mol. The van der Waals surface area contributed by atoms with E-state index in [0.29, 0.717) is 5.69 Å². The Labute approximate surface area is 80.7 Å². The largest absolute Gasteiger partial charge is 0.394 e. The maximum absolute atomic E-state index is 10.6. The summed E-state index contributed by atoms with van der Waals surface area (Å²) in [5.74, 6) is 0. The first-order chi connectivity index (χ1) is 6.65. The van der Waals surface area contributed by atoms with E-state index in [9.17, 15) is 10.1 Å². The maximum atomic E-state index is 10.6. The standard InChI is InChI=1S/C8H11N3O3/c1-6(5-12)10-7-2-3-9-4-8(7)11(13)14/h2-4,6,12H,5H2,1H3,(H,9,10). The normalized spacial score (nSPS) is 12.1. The summed E-state index contributed by atoms with van der Waals surface area (Å²) in [6, 6.07) is 1.28. The Balaban J connectivity index is 2.90. The highest BCUT2D eigenvalue weighted by Crippen LogP contribution is 2.22. The molecule has 0 aliphatic rings. The van der Waals surface area contributed by atoms with E-state index in [4.69, 9.17) is 5.11 Å². The van der Waals surface area contributed by atoms with Gasteiger partial charge in [-0.15, -0.1) is 0 Å². The van der Waals surface area contributed by atoms with Crippen molar-refractivity contribution in [2.24, 2.45) is 0 Å². The lowest BCUT2D eigenvalue weighted by Gasteiger charge is -2.11. The van der Waals surface area contributed by atoms with Crippen LogP contribution in [0, 0.1) is 10.1 Å². The number of aliphatic hydroxyl groups excluding tert-OH is 1. The summed E-state index contributed by atoms with van der Waals surface area (Å²) in [5.41, 5.74) is 0.277. The van der Waals surface area contributed by atoms with E-state index in [1.165, 1.54) is 18.5 Å². The van der Waals surface area contributed by atoms with Gasteiger partial charge in [0.2, 0.25) is 0 Å². The van der Waals surface area contributed by atoms with Crippen LogP contribution in [0.25, 0.3) is 0 Å². The number of nitrogens with one attached hydrogen (secondary N) is 1. The topological polar surface area (TPSA) is 88.3 Å². The van der Waals surface area contributed by atoms with E-state index in [-0.39, 0.29) is 18.3 Å². The van der Waals surface area contributed by atoms with Gasteiger partial charge < -0.3 is 10.4 Å². The van der Waals surface area contributed by atoms with Gasteiger partial charge in [-0.25, -0.2) is 0 Å². The van der Waals surface area contributed by atoms with Gasteiger partial charge >= 0.3 is 5.69 Å². The fourth-order valence-corrected chi connectivity index (χ4v) is 0.965. The molecule has 0 bridgehead atoms. The van der Waals surface area contributed by atoms with Crippen molar-refractivity contribution >= 4 is 11.4 Å². The van der Waals surface area contributed by atoms with Crippen LogP contribution in [0.15, 0.2) is 18.5 Å². The van der Waals surface area contributed by atoms with Crippen LogP contribution in [-0.4, -0.2) is 27.7 Å². The van der Waals surface area contributed by atoms with Gasteiger partial charge in [0, 0.05) is 12.2 Å². The zero-order chi connectivity index (χ0) is 10.6. The van der Waals surface area contributed by atoms with Gasteiger partial charge in [0.05, 0.1) is 11.5 Å². The van der Waals surface area contributed by atoms with Crippen LogP contribution in [-0.2, 0) is 0 Å². The van der Waals surface area contributed by atoms with Crippen molar-refractivity contribution in [3.05, 3.63) is 28.6 Å². The van der Waals surface area contributed by atoms with Crippen LogP contribution in [0.4, 0.5) is 11.4 Å². The van der Waals surface area contributed by atoms with Crippen LogP contribution >= 0.6 is 0 Å². The summed E-state index contributed by atoms with van der Waals surface area (Å²) >= 11 is 0. The monoisotopic (exact) mass is 197 g/mol. The molecule has 14 heavy (non-hydrogen) atoms. The van der Waals surface area contributed by atoms with E-state index >= 15 is 0 Å². The highest BCUT2D eigenvalue weighted by atomic mass is 16.6. The summed E-state index contributed by atoms with van der Waals surface area (Å²) in [6.45, 7) is 1.64. The molecule has 6 nitrogen and oxygen atoms in total. The fourth-order valence-electron chi connectivity index (χ4n) is 0.965. The van der Waals surface area contributed by atoms with Crippen molar-refractivity contribution in [1.82, 2.24) is 4.98 Å². The summed E-state index contributed by atoms with van der Waals surface area (Å²) in [4.78, 5) is 13.7. The first kappa shape index (κ1) is 10.4. The van der Waals surface area contributed by atoms with Gasteiger partial charge in [-0.05, 0) is 13.0 Å². The smallest absolute Gasteiger partial charge is 0.310 e. The minimum atomic E-state index is -0.514. The van der Waals surface area contributed by atoms with E-state index in [1.54, 1.807) is 6.92 Å². The summed E-state index contributed by atoms with van der Waals surface area (Å²) < 4.78 is 0. The summed E-state index contributed by atoms with van der Waals surface area (Å²) in [5, 5.41) is 22.1. The molecule has 0 spiro atoms. The molecule has 0 aliphatic carbocycles. The number of aliphatic hydroxyl groups is 1. The van der Waals surface area contributed by atoms with Crippen LogP contribution in [0.3, 0.4) is 0 Å². The molecule has 0 aliphatic heterocycles. The lowest BCUT2D eigenvalue weighted by Crippen LogP contribution is -2.19. The second-order valence-electron chi connectivity index (χ2n) is 2.88. The van der Waals surface area contributed by atoms with Crippen LogP contribution in [0.1, 0.15) is 6.92 Å². The minimum Gasteiger partial charge on any atom is -0.394 e. The minimum absolute atomic E-state index is 0.0839. The molecule has 0 saturated carbocycles. The zero-order valence-electron chi connectivity index (χ0n) is 7.67. The Hall–Kier alpha value is -1.69. The van der Waals surface area contributed by atoms with Crippen molar-refractivity contribution in [3.8, 4) is 0 Å². The first-order valence-corrected chi connectivity index (χ1v) is 4.11. The zero-order valence-corrected chi connectivity index (χ0v) is 7.67. The third-order valence-electron chi connectivity index (χ3n) is 1.67. The SMILES string of the molecule is CC(CO)Nc1ccncc1[N+](=O)[O-]. The molecule has 2 N–H and O–H groups in total. The Morgan fingerprint density at radius 2 is 2.50 bits per heavy atom. The van der Waals surface area contributed by atoms with Gasteiger partial charge in [0.15, 0.2) is 0 Å². The molecule has 0 saturated heterocycles. The van der Waals surface area contributed by atoms with Crippen molar-refractivity contribution in [1.29, 1.82) is 0 Å². The van der Waals surface area contributed by atoms with Crippen LogP contribution in [0.5, 0.6) is 0 Å². The molecule has 1 aromatic rings. The van der Waals surface area contributed by atoms with Gasteiger partial charge in [0.1, 0.15) is 11.9 Å². The van der Waals surface area contributed by atoms with Crippen LogP contribution in [0.2, 0.25) is 0 Å². The Bertz CT molecular complexity index is 329. The number of rotatable bonds is 4. The lowest BCUT2D eigenvalue weighted by atomic mass is 10.3. The van der Waals surface area contributed by atoms with Crippen molar-refractivity contribution in [3.63, 3.8) is 0 Å². The molecule has 0 aromatic carbocycles. The number of pyridine rings is 1. The quantitative estimate of drug-likeness (QED) is 0.550. The predicted octanol–water partition coefficient (Wildman–Crippen LogP) is 0.782. The highest BCUT2D eigenvalue weighted by Gasteiger charge is 2.14. The number of hydrogen-bond donors (Lipinski definition) is 2. The molecule has 1 unspecified atom stereocenters. The Kier molecular flexibility index (Phi) is 3.35. The second kappa shape index (κ2) is 4.52. The van der Waals surface area contributed by atoms with E-state index in [1.807, 2.05) is 0 Å². The first-order valence-electron chi connectivity index (χ1n) is 4.11. The van der Waals surface area contributed by atoms with Crippen molar-refractivity contribution in [2.45, 2.75) is 13.0 Å². The molecule has 0 fully saturated rings. The summed E-state index contributed by atoms with van der Waals surface area (Å²) in [7, 11) is 0. The molecule has 1 rings (SSSR count). The maximum Gasteiger partial charge on any atom is 0.310 e. The Morgan fingerprint density at radius 3 is 3.07 bits per heavy atom. The lowest BCUT2D eigenvalue weighted by molar-refractivity contribution is -0.384. The molecule has 0 amide bonds. The molecule has 1 atom stereocenters. The second-order valence-corrected chi connectivity index (χ2v) is 2.88. The van der Waals surface area contributed by atoms with Crippen molar-refractivity contribution < 1.29 is 10.0 Å². The van der Waals surface area contributed by atoms with E-state index in [2.05, 4.69) is 10.3 Å². The molecule has 0 radical (unpaired) electrons. The average molecular weight is 197 g/mol. The van der Waals surface area contributed by atoms with Gasteiger partial charge in [-0.2, -0.15) is 0 Å². The van der Waals surface area contributed by atoms with Gasteiger partial charge in [-0.1, -0.05) is 0 Å². The highest BCUT2D eigenvalue weighted by molar-refractivity contribution is 5.59. The third-order valence-corrected chi connectivity index (χ3v) is 1.67. The van der Waals surface area contributed by atoms with E-state index in [0.717, 1.165) is 0 Å². The molecule has 6 heteroatoms. The molecular formula is C8H11N3O3. The molecule has 1 heterocycles. The number of nitrogens with zero attached hydrogens (tertiary/aromatic N) is 2. The Morgan fingerprint density at radius 1 is 1.79 bits per heavy atom. The van der Waals surface area contributed by atoms with Crippen LogP contribution < -0.4 is 5.32 Å². The van der Waals surface area contributed by atoms with Gasteiger partial charge in [-0.3, -0.25) is 15.1 Å². The van der Waals surface area contributed by atoms with Crippen molar-refractivity contribution in [2.75, 3.05) is 11.9 Å². The summed E-state index contributed by atoms with van der Waals surface area (Å²) in [6.07, 6.45) is 2.63. The number of aromatic nitrogens is 1.